The second kappa shape index (κ2) is 10.0. The van der Waals surface area contributed by atoms with Crippen molar-refractivity contribution in [1.82, 2.24) is 15.2 Å². The Morgan fingerprint density at radius 2 is 2.39 bits per heavy atom. The van der Waals surface area contributed by atoms with Crippen molar-refractivity contribution in [3.05, 3.63) is 24.5 Å². The van der Waals surface area contributed by atoms with E-state index < -0.39 is 0 Å². The number of likely N-dealkylation sites (tertiary alicyclic amines) is 1. The monoisotopic (exact) mass is 320 g/mol. The van der Waals surface area contributed by atoms with Crippen molar-refractivity contribution < 1.29 is 9.47 Å². The fourth-order valence-corrected chi connectivity index (χ4v) is 2.62. The van der Waals surface area contributed by atoms with Gasteiger partial charge >= 0.3 is 0 Å². The number of ether oxygens (including phenoxy) is 2. The summed E-state index contributed by atoms with van der Waals surface area (Å²) in [5, 5.41) is 3.37. The van der Waals surface area contributed by atoms with E-state index in [0.717, 1.165) is 51.0 Å². The van der Waals surface area contributed by atoms with E-state index >= 15 is 0 Å². The molecule has 23 heavy (non-hydrogen) atoms. The van der Waals surface area contributed by atoms with Crippen LogP contribution in [0.2, 0.25) is 0 Å². The summed E-state index contributed by atoms with van der Waals surface area (Å²) in [6.45, 7) is 9.86. The van der Waals surface area contributed by atoms with Crippen molar-refractivity contribution in [2.45, 2.75) is 20.3 Å². The van der Waals surface area contributed by atoms with E-state index in [4.69, 9.17) is 9.47 Å². The highest BCUT2D eigenvalue weighted by atomic mass is 16.5. The lowest BCUT2D eigenvalue weighted by Gasteiger charge is -2.21. The molecule has 6 heteroatoms. The molecule has 2 rings (SSSR count). The Hall–Kier alpha value is -1.82. The first kappa shape index (κ1) is 17.5. The molecule has 0 aromatic carbocycles. The van der Waals surface area contributed by atoms with Gasteiger partial charge in [-0.25, -0.2) is 4.99 Å². The molecule has 0 amide bonds. The van der Waals surface area contributed by atoms with Gasteiger partial charge in [0.25, 0.3) is 0 Å². The Balaban J connectivity index is 1.78. The van der Waals surface area contributed by atoms with Crippen LogP contribution in [0, 0.1) is 5.92 Å². The fourth-order valence-electron chi connectivity index (χ4n) is 2.62. The molecule has 1 aromatic rings. The van der Waals surface area contributed by atoms with Crippen molar-refractivity contribution in [2.24, 2.45) is 10.9 Å². The average Bonchev–Trinajstić information content (AvgIpc) is 3.05. The summed E-state index contributed by atoms with van der Waals surface area (Å²) < 4.78 is 11.2. The first-order chi connectivity index (χ1) is 11.3. The zero-order valence-electron chi connectivity index (χ0n) is 14.2. The topological polar surface area (TPSA) is 59.0 Å². The number of nitrogens with one attached hydrogen (secondary N) is 1. The van der Waals surface area contributed by atoms with Crippen LogP contribution in [0.3, 0.4) is 0 Å². The minimum Gasteiger partial charge on any atom is -0.490 e. The maximum atomic E-state index is 5.64. The second-order valence-corrected chi connectivity index (χ2v) is 5.53. The Morgan fingerprint density at radius 1 is 1.48 bits per heavy atom. The molecule has 1 aliphatic rings. The molecule has 0 radical (unpaired) electrons. The molecule has 128 valence electrons. The summed E-state index contributed by atoms with van der Waals surface area (Å²) in [6, 6.07) is 3.77. The van der Waals surface area contributed by atoms with Gasteiger partial charge in [0.1, 0.15) is 12.4 Å². The molecule has 1 aliphatic heterocycles. The van der Waals surface area contributed by atoms with Crippen LogP contribution in [0.4, 0.5) is 0 Å². The minimum atomic E-state index is 0.552. The number of guanidine groups is 1. The van der Waals surface area contributed by atoms with Crippen LogP contribution < -0.4 is 10.1 Å². The van der Waals surface area contributed by atoms with Crippen LogP contribution in [0.1, 0.15) is 20.3 Å². The van der Waals surface area contributed by atoms with Crippen LogP contribution in [-0.4, -0.2) is 61.8 Å². The van der Waals surface area contributed by atoms with Crippen LogP contribution in [0.5, 0.6) is 5.75 Å². The molecular weight excluding hydrogens is 292 g/mol. The highest BCUT2D eigenvalue weighted by Gasteiger charge is 2.24. The summed E-state index contributed by atoms with van der Waals surface area (Å²) in [7, 11) is 0. The Kier molecular flexibility index (Phi) is 7.66. The molecular formula is C17H28N4O2. The van der Waals surface area contributed by atoms with E-state index in [-0.39, 0.29) is 0 Å². The Bertz CT molecular complexity index is 467. The maximum Gasteiger partial charge on any atom is 0.194 e. The number of hydrogen-bond acceptors (Lipinski definition) is 4. The van der Waals surface area contributed by atoms with Gasteiger partial charge in [-0.05, 0) is 32.4 Å². The van der Waals surface area contributed by atoms with Crippen molar-refractivity contribution in [3.8, 4) is 5.75 Å². The maximum absolute atomic E-state index is 5.64. The zero-order valence-corrected chi connectivity index (χ0v) is 14.2. The summed E-state index contributed by atoms with van der Waals surface area (Å²) in [6.07, 6.45) is 4.62. The zero-order chi connectivity index (χ0) is 16.3. The van der Waals surface area contributed by atoms with Gasteiger partial charge < -0.3 is 19.7 Å². The van der Waals surface area contributed by atoms with Gasteiger partial charge in [-0.3, -0.25) is 4.98 Å². The standard InChI is InChI=1S/C17H28N4O2/c1-3-19-17(21-10-7-15(13-21)14-22-4-2)20-9-11-23-16-6-5-8-18-12-16/h5-6,8,12,15H,3-4,7,9-11,13-14H2,1-2H3,(H,19,20). The third-order valence-corrected chi connectivity index (χ3v) is 3.73. The van der Waals surface area contributed by atoms with E-state index in [1.165, 1.54) is 0 Å². The summed E-state index contributed by atoms with van der Waals surface area (Å²) in [5.41, 5.74) is 0. The van der Waals surface area contributed by atoms with E-state index in [9.17, 15) is 0 Å². The van der Waals surface area contributed by atoms with Gasteiger partial charge in [-0.1, -0.05) is 0 Å². The van der Waals surface area contributed by atoms with Gasteiger partial charge in [-0.2, -0.15) is 0 Å². The molecule has 0 bridgehead atoms. The third kappa shape index (κ3) is 6.06. The Labute approximate surface area is 138 Å². The lowest BCUT2D eigenvalue weighted by molar-refractivity contribution is 0.114. The quantitative estimate of drug-likeness (QED) is 0.449. The molecule has 2 heterocycles. The predicted molar refractivity (Wildman–Crippen MR) is 91.9 cm³/mol. The first-order valence-electron chi connectivity index (χ1n) is 8.47. The SMILES string of the molecule is CCNC(=NCCOc1cccnc1)N1CCC(COCC)C1. The molecule has 1 unspecified atom stereocenters. The summed E-state index contributed by atoms with van der Waals surface area (Å²) in [4.78, 5) is 11.0. The normalized spacial score (nSPS) is 18.3. The van der Waals surface area contributed by atoms with E-state index in [1.807, 2.05) is 19.1 Å². The molecule has 0 saturated carbocycles. The summed E-state index contributed by atoms with van der Waals surface area (Å²) in [5.74, 6) is 2.36. The van der Waals surface area contributed by atoms with Crippen molar-refractivity contribution in [1.29, 1.82) is 0 Å². The lowest BCUT2D eigenvalue weighted by Crippen LogP contribution is -2.40. The molecule has 1 fully saturated rings. The third-order valence-electron chi connectivity index (χ3n) is 3.73. The molecule has 0 spiro atoms. The van der Waals surface area contributed by atoms with Crippen LogP contribution in [0.25, 0.3) is 0 Å². The number of aromatic nitrogens is 1. The second-order valence-electron chi connectivity index (χ2n) is 5.53. The largest absolute Gasteiger partial charge is 0.490 e. The predicted octanol–water partition coefficient (Wildman–Crippen LogP) is 1.78. The molecule has 1 atom stereocenters. The van der Waals surface area contributed by atoms with E-state index in [2.05, 4.69) is 27.1 Å². The summed E-state index contributed by atoms with van der Waals surface area (Å²) >= 11 is 0. The Morgan fingerprint density at radius 3 is 3.13 bits per heavy atom. The molecule has 0 aliphatic carbocycles. The van der Waals surface area contributed by atoms with Gasteiger partial charge in [0, 0.05) is 38.4 Å². The molecule has 1 N–H and O–H groups in total. The van der Waals surface area contributed by atoms with Crippen LogP contribution in [-0.2, 0) is 4.74 Å². The lowest BCUT2D eigenvalue weighted by atomic mass is 10.1. The number of rotatable bonds is 8. The highest BCUT2D eigenvalue weighted by molar-refractivity contribution is 5.80. The van der Waals surface area contributed by atoms with Crippen molar-refractivity contribution >= 4 is 5.96 Å². The van der Waals surface area contributed by atoms with Crippen molar-refractivity contribution in [2.75, 3.05) is 46.0 Å². The number of nitrogens with zero attached hydrogens (tertiary/aromatic N) is 3. The number of pyridine rings is 1. The molecule has 1 aromatic heterocycles. The van der Waals surface area contributed by atoms with E-state index in [0.29, 0.717) is 19.1 Å². The smallest absolute Gasteiger partial charge is 0.194 e. The van der Waals surface area contributed by atoms with Gasteiger partial charge in [0.05, 0.1) is 19.3 Å². The first-order valence-corrected chi connectivity index (χ1v) is 8.47. The molecule has 6 nitrogen and oxygen atoms in total. The van der Waals surface area contributed by atoms with Gasteiger partial charge in [0.2, 0.25) is 0 Å². The molecule has 1 saturated heterocycles. The highest BCUT2D eigenvalue weighted by Crippen LogP contribution is 2.16. The van der Waals surface area contributed by atoms with Gasteiger partial charge in [0.15, 0.2) is 5.96 Å². The van der Waals surface area contributed by atoms with E-state index in [1.54, 1.807) is 12.4 Å². The van der Waals surface area contributed by atoms with Gasteiger partial charge in [-0.15, -0.1) is 0 Å². The minimum absolute atomic E-state index is 0.552. The van der Waals surface area contributed by atoms with Crippen LogP contribution in [0.15, 0.2) is 29.5 Å². The number of aliphatic imine (C=N–C) groups is 1. The average molecular weight is 320 g/mol. The fraction of sp³-hybridized carbons (Fsp3) is 0.647. The number of hydrogen-bond donors (Lipinski definition) is 1. The van der Waals surface area contributed by atoms with Crippen LogP contribution >= 0.6 is 0 Å². The van der Waals surface area contributed by atoms with Crippen molar-refractivity contribution in [3.63, 3.8) is 0 Å².